The first-order valence-electron chi connectivity index (χ1n) is 12.6. The molecule has 2 aliphatic heterocycles. The molecular formula is C27H31N5O2S. The number of rotatable bonds is 4. The summed E-state index contributed by atoms with van der Waals surface area (Å²) in [4.78, 5) is 24.9. The summed E-state index contributed by atoms with van der Waals surface area (Å²) in [5.74, 6) is 0.940. The lowest BCUT2D eigenvalue weighted by molar-refractivity contribution is 0.0639. The van der Waals surface area contributed by atoms with Crippen LogP contribution in [0.1, 0.15) is 25.3 Å². The first kappa shape index (κ1) is 22.5. The van der Waals surface area contributed by atoms with Crippen molar-refractivity contribution in [1.29, 1.82) is 0 Å². The molecule has 0 aliphatic carbocycles. The van der Waals surface area contributed by atoms with E-state index >= 15 is 0 Å². The van der Waals surface area contributed by atoms with Gasteiger partial charge in [-0.1, -0.05) is 25.1 Å². The minimum Gasteiger partial charge on any atom is -0.378 e. The second-order valence-corrected chi connectivity index (χ2v) is 10.2. The van der Waals surface area contributed by atoms with Crippen LogP contribution in [0.15, 0.2) is 47.3 Å². The number of para-hydroxylation sites is 1. The number of hydrogen-bond donors (Lipinski definition) is 1. The number of allylic oxidation sites excluding steroid dienone is 1. The molecule has 0 unspecified atom stereocenters. The maximum absolute atomic E-state index is 14.2. The SMILES string of the molecule is CC/C=C(\c1c(=O)c2ccc(N3CCCNCC3)nc2n2c1sc1ccccc12)N1CCOCC1. The molecule has 35 heavy (non-hydrogen) atoms. The Bertz CT molecular complexity index is 1460. The molecule has 0 atom stereocenters. The number of aromatic nitrogens is 2. The van der Waals surface area contributed by atoms with E-state index in [9.17, 15) is 4.79 Å². The molecule has 0 spiro atoms. The van der Waals surface area contributed by atoms with Crippen LogP contribution in [0.5, 0.6) is 0 Å². The van der Waals surface area contributed by atoms with Gasteiger partial charge in [0.05, 0.1) is 34.4 Å². The highest BCUT2D eigenvalue weighted by atomic mass is 32.1. The lowest BCUT2D eigenvalue weighted by atomic mass is 10.1. The summed E-state index contributed by atoms with van der Waals surface area (Å²) in [6, 6.07) is 12.4. The van der Waals surface area contributed by atoms with Gasteiger partial charge in [-0.15, -0.1) is 11.3 Å². The van der Waals surface area contributed by atoms with Gasteiger partial charge < -0.3 is 19.9 Å². The van der Waals surface area contributed by atoms with Gasteiger partial charge in [0.25, 0.3) is 0 Å². The molecule has 0 bridgehead atoms. The highest BCUT2D eigenvalue weighted by Crippen LogP contribution is 2.35. The number of thiazole rings is 1. The predicted octanol–water partition coefficient (Wildman–Crippen LogP) is 3.95. The van der Waals surface area contributed by atoms with Crippen LogP contribution >= 0.6 is 11.3 Å². The number of ether oxygens (including phenoxy) is 1. The van der Waals surface area contributed by atoms with E-state index in [4.69, 9.17) is 9.72 Å². The second kappa shape index (κ2) is 9.60. The lowest BCUT2D eigenvalue weighted by Crippen LogP contribution is -2.36. The molecule has 2 fully saturated rings. The summed E-state index contributed by atoms with van der Waals surface area (Å²) in [7, 11) is 0. The van der Waals surface area contributed by atoms with E-state index in [1.54, 1.807) is 11.3 Å². The molecule has 0 radical (unpaired) electrons. The fourth-order valence-corrected chi connectivity index (χ4v) is 6.44. The van der Waals surface area contributed by atoms with Gasteiger partial charge in [0.1, 0.15) is 10.6 Å². The quantitative estimate of drug-likeness (QED) is 0.469. The summed E-state index contributed by atoms with van der Waals surface area (Å²) < 4.78 is 8.99. The van der Waals surface area contributed by atoms with Gasteiger partial charge in [-0.05, 0) is 43.7 Å². The minimum atomic E-state index is 0.0642. The molecule has 2 aliphatic rings. The highest BCUT2D eigenvalue weighted by Gasteiger charge is 2.25. The van der Waals surface area contributed by atoms with Crippen molar-refractivity contribution in [3.8, 4) is 0 Å². The van der Waals surface area contributed by atoms with Crippen molar-refractivity contribution in [3.05, 3.63) is 58.3 Å². The lowest BCUT2D eigenvalue weighted by Gasteiger charge is -2.31. The zero-order chi connectivity index (χ0) is 23.8. The maximum Gasteiger partial charge on any atom is 0.201 e. The van der Waals surface area contributed by atoms with E-state index in [1.807, 2.05) is 12.1 Å². The number of morpholine rings is 1. The van der Waals surface area contributed by atoms with Gasteiger partial charge in [0.2, 0.25) is 5.43 Å². The number of benzene rings is 1. The normalized spacial score (nSPS) is 18.0. The van der Waals surface area contributed by atoms with Crippen LogP contribution in [0.4, 0.5) is 5.82 Å². The topological polar surface area (TPSA) is 62.1 Å². The summed E-state index contributed by atoms with van der Waals surface area (Å²) in [6.45, 7) is 8.93. The smallest absolute Gasteiger partial charge is 0.201 e. The summed E-state index contributed by atoms with van der Waals surface area (Å²) in [6.07, 6.45) is 4.14. The summed E-state index contributed by atoms with van der Waals surface area (Å²) in [5.41, 5.74) is 3.72. The molecule has 7 nitrogen and oxygen atoms in total. The number of nitrogens with zero attached hydrogens (tertiary/aromatic N) is 4. The van der Waals surface area contributed by atoms with E-state index in [0.29, 0.717) is 18.6 Å². The van der Waals surface area contributed by atoms with Gasteiger partial charge in [-0.3, -0.25) is 9.20 Å². The molecule has 3 aromatic heterocycles. The van der Waals surface area contributed by atoms with Gasteiger partial charge in [-0.25, -0.2) is 4.98 Å². The van der Waals surface area contributed by atoms with Crippen LogP contribution < -0.4 is 15.6 Å². The molecule has 0 amide bonds. The Hall–Kier alpha value is -2.94. The highest BCUT2D eigenvalue weighted by molar-refractivity contribution is 7.24. The number of fused-ring (bicyclic) bond motifs is 5. The van der Waals surface area contributed by atoms with Crippen molar-refractivity contribution >= 4 is 48.9 Å². The third-order valence-corrected chi connectivity index (χ3v) is 8.09. The molecular weight excluding hydrogens is 458 g/mol. The van der Waals surface area contributed by atoms with Crippen LogP contribution in [0.3, 0.4) is 0 Å². The van der Waals surface area contributed by atoms with Crippen LogP contribution in [-0.4, -0.2) is 66.8 Å². The molecule has 8 heteroatoms. The van der Waals surface area contributed by atoms with Crippen LogP contribution in [-0.2, 0) is 4.74 Å². The van der Waals surface area contributed by atoms with Crippen LogP contribution in [0.2, 0.25) is 0 Å². The molecule has 1 N–H and O–H groups in total. The largest absolute Gasteiger partial charge is 0.378 e. The Morgan fingerprint density at radius 2 is 1.97 bits per heavy atom. The fraction of sp³-hybridized carbons (Fsp3) is 0.407. The van der Waals surface area contributed by atoms with Crippen molar-refractivity contribution in [2.45, 2.75) is 19.8 Å². The molecule has 0 saturated carbocycles. The third kappa shape index (κ3) is 3.99. The van der Waals surface area contributed by atoms with Crippen molar-refractivity contribution in [2.24, 2.45) is 0 Å². The minimum absolute atomic E-state index is 0.0642. The number of nitrogens with one attached hydrogen (secondary N) is 1. The molecule has 6 rings (SSSR count). The first-order valence-corrected chi connectivity index (χ1v) is 13.4. The summed E-state index contributed by atoms with van der Waals surface area (Å²) in [5, 5.41) is 4.14. The zero-order valence-corrected chi connectivity index (χ0v) is 20.9. The van der Waals surface area contributed by atoms with Crippen molar-refractivity contribution in [3.63, 3.8) is 0 Å². The monoisotopic (exact) mass is 489 g/mol. The fourth-order valence-electron chi connectivity index (χ4n) is 5.24. The van der Waals surface area contributed by atoms with E-state index in [1.165, 1.54) is 0 Å². The van der Waals surface area contributed by atoms with Crippen molar-refractivity contribution < 1.29 is 4.74 Å². The maximum atomic E-state index is 14.2. The van der Waals surface area contributed by atoms with Crippen molar-refractivity contribution in [1.82, 2.24) is 19.6 Å². The van der Waals surface area contributed by atoms with Gasteiger partial charge in [0.15, 0.2) is 5.65 Å². The molecule has 1 aromatic carbocycles. The summed E-state index contributed by atoms with van der Waals surface area (Å²) >= 11 is 1.68. The van der Waals surface area contributed by atoms with Crippen LogP contribution in [0.25, 0.3) is 31.8 Å². The van der Waals surface area contributed by atoms with E-state index in [2.05, 4.69) is 56.8 Å². The Kier molecular flexibility index (Phi) is 6.18. The van der Waals surface area contributed by atoms with Gasteiger partial charge in [-0.2, -0.15) is 0 Å². The number of hydrogen-bond acceptors (Lipinski definition) is 7. The van der Waals surface area contributed by atoms with E-state index in [0.717, 1.165) is 89.9 Å². The molecule has 182 valence electrons. The standard InChI is InChI=1S/C27H31N5O2S/c1-2-6-21(30-15-17-34-18-16-30)24-25(33)19-9-10-23(31-13-5-11-28-12-14-31)29-26(19)32-20-7-3-4-8-22(20)35-27(24)32/h3-4,6-10,28H,2,5,11-18H2,1H3/b21-6+. The Balaban J connectivity index is 1.64. The predicted molar refractivity (Wildman–Crippen MR) is 145 cm³/mol. The van der Waals surface area contributed by atoms with E-state index in [-0.39, 0.29) is 5.43 Å². The van der Waals surface area contributed by atoms with Crippen molar-refractivity contribution in [2.75, 3.05) is 57.4 Å². The van der Waals surface area contributed by atoms with Crippen LogP contribution in [0, 0.1) is 0 Å². The Labute approximate surface area is 208 Å². The number of pyridine rings is 2. The molecule has 2 saturated heterocycles. The number of anilines is 1. The average molecular weight is 490 g/mol. The zero-order valence-electron chi connectivity index (χ0n) is 20.1. The molecule has 5 heterocycles. The van der Waals surface area contributed by atoms with Gasteiger partial charge >= 0.3 is 0 Å². The van der Waals surface area contributed by atoms with E-state index < -0.39 is 0 Å². The first-order chi connectivity index (χ1) is 17.3. The Morgan fingerprint density at radius 1 is 1.11 bits per heavy atom. The third-order valence-electron chi connectivity index (χ3n) is 6.94. The Morgan fingerprint density at radius 3 is 2.83 bits per heavy atom. The average Bonchev–Trinajstić information content (AvgIpc) is 3.07. The second-order valence-electron chi connectivity index (χ2n) is 9.14. The molecule has 4 aromatic rings. The van der Waals surface area contributed by atoms with Gasteiger partial charge in [0, 0.05) is 38.4 Å².